The summed E-state index contributed by atoms with van der Waals surface area (Å²) in [6.45, 7) is 6.78. The number of nitrogens with one attached hydrogen (secondary N) is 1. The zero-order valence-electron chi connectivity index (χ0n) is 23.7. The largest absolute Gasteiger partial charge is 0.415 e. The molecule has 3 N–H and O–H groups in total. The molecule has 9 nitrogen and oxygen atoms in total. The molecule has 1 aromatic rings. The van der Waals surface area contributed by atoms with Crippen LogP contribution >= 0.6 is 0 Å². The van der Waals surface area contributed by atoms with Crippen molar-refractivity contribution in [2.45, 2.75) is 84.6 Å². The summed E-state index contributed by atoms with van der Waals surface area (Å²) in [5.41, 5.74) is 1.49. The van der Waals surface area contributed by atoms with Gasteiger partial charge < -0.3 is 30.1 Å². The van der Waals surface area contributed by atoms with E-state index in [9.17, 15) is 19.8 Å². The molecule has 0 aliphatic rings. The fourth-order valence-electron chi connectivity index (χ4n) is 3.87. The van der Waals surface area contributed by atoms with Crippen molar-refractivity contribution in [3.8, 4) is 5.75 Å². The number of hydrogen-bond acceptors (Lipinski definition) is 7. The van der Waals surface area contributed by atoms with E-state index in [1.165, 1.54) is 4.90 Å². The van der Waals surface area contributed by atoms with Crippen LogP contribution < -0.4 is 10.1 Å². The predicted octanol–water partition coefficient (Wildman–Crippen LogP) is 3.57. The highest BCUT2D eigenvalue weighted by Gasteiger charge is 2.18. The lowest BCUT2D eigenvalue weighted by molar-refractivity contribution is -0.121. The van der Waals surface area contributed by atoms with Gasteiger partial charge in [-0.3, -0.25) is 9.69 Å². The number of aliphatic hydroxyl groups excluding tert-OH is 2. The SMILES string of the molecule is CCCC(=O)NCCCCCCCCN(Cc1cc(CO)ccc1OC(=O)N(C)CCN(C)C)C(C)O. The van der Waals surface area contributed by atoms with Crippen LogP contribution in [0.5, 0.6) is 5.75 Å². The Labute approximate surface area is 223 Å². The van der Waals surface area contributed by atoms with Crippen LogP contribution in [0.2, 0.25) is 0 Å². The van der Waals surface area contributed by atoms with Crippen molar-refractivity contribution in [2.24, 2.45) is 0 Å². The van der Waals surface area contributed by atoms with Crippen LogP contribution in [0.25, 0.3) is 0 Å². The molecule has 0 heterocycles. The molecule has 0 saturated carbocycles. The number of unbranched alkanes of at least 4 members (excludes halogenated alkanes) is 5. The lowest BCUT2D eigenvalue weighted by atomic mass is 10.1. The third-order valence-electron chi connectivity index (χ3n) is 6.27. The minimum absolute atomic E-state index is 0.110. The predicted molar refractivity (Wildman–Crippen MR) is 147 cm³/mol. The van der Waals surface area contributed by atoms with Gasteiger partial charge in [0.2, 0.25) is 5.91 Å². The van der Waals surface area contributed by atoms with E-state index in [0.717, 1.165) is 69.2 Å². The number of aliphatic hydroxyl groups is 2. The quantitative estimate of drug-likeness (QED) is 0.188. The van der Waals surface area contributed by atoms with Gasteiger partial charge in [-0.15, -0.1) is 0 Å². The summed E-state index contributed by atoms with van der Waals surface area (Å²) >= 11 is 0. The zero-order chi connectivity index (χ0) is 27.6. The molecule has 1 aromatic carbocycles. The number of carbonyl (C=O) groups excluding carboxylic acids is 2. The second kappa shape index (κ2) is 19.0. The molecule has 9 heteroatoms. The Hall–Kier alpha value is -2.20. The highest BCUT2D eigenvalue weighted by Crippen LogP contribution is 2.24. The van der Waals surface area contributed by atoms with Gasteiger partial charge in [0.05, 0.1) is 6.61 Å². The smallest absolute Gasteiger partial charge is 0.410 e. The topological polar surface area (TPSA) is 106 Å². The first-order chi connectivity index (χ1) is 17.7. The zero-order valence-corrected chi connectivity index (χ0v) is 23.7. The average Bonchev–Trinajstić information content (AvgIpc) is 2.86. The lowest BCUT2D eigenvalue weighted by Crippen LogP contribution is -2.36. The van der Waals surface area contributed by atoms with Crippen LogP contribution in [0.1, 0.15) is 76.3 Å². The standard InChI is InChI=1S/C28H50N4O5/c1-6-13-27(35)29-16-11-9-7-8-10-12-17-32(23(2)34)21-25-20-24(22-33)14-15-26(25)37-28(36)31(5)19-18-30(3)4/h14-15,20,23,33-34H,6-13,16-19,21-22H2,1-5H3,(H,29,35). The van der Waals surface area contributed by atoms with Gasteiger partial charge in [-0.2, -0.15) is 0 Å². The molecule has 0 radical (unpaired) electrons. The molecule has 0 aliphatic carbocycles. The van der Waals surface area contributed by atoms with E-state index in [1.807, 2.05) is 36.9 Å². The normalized spacial score (nSPS) is 12.1. The maximum atomic E-state index is 12.6. The molecule has 0 spiro atoms. The minimum Gasteiger partial charge on any atom is -0.410 e. The molecule has 0 fully saturated rings. The van der Waals surface area contributed by atoms with Gasteiger partial charge in [-0.05, 0) is 58.0 Å². The van der Waals surface area contributed by atoms with Crippen LogP contribution in [0, 0.1) is 0 Å². The molecule has 1 unspecified atom stereocenters. The second-order valence-corrected chi connectivity index (χ2v) is 10.0. The van der Waals surface area contributed by atoms with Crippen molar-refractivity contribution in [3.63, 3.8) is 0 Å². The Morgan fingerprint density at radius 3 is 2.30 bits per heavy atom. The molecule has 0 aliphatic heterocycles. The fraction of sp³-hybridized carbons (Fsp3) is 0.714. The van der Waals surface area contributed by atoms with Crippen molar-refractivity contribution in [2.75, 3.05) is 47.3 Å². The van der Waals surface area contributed by atoms with E-state index < -0.39 is 12.3 Å². The summed E-state index contributed by atoms with van der Waals surface area (Å²) in [4.78, 5) is 29.6. The number of hydrogen-bond donors (Lipinski definition) is 3. The van der Waals surface area contributed by atoms with Crippen LogP contribution in [0.4, 0.5) is 4.79 Å². The number of ether oxygens (including phenoxy) is 1. The highest BCUT2D eigenvalue weighted by molar-refractivity contribution is 5.75. The second-order valence-electron chi connectivity index (χ2n) is 10.0. The Kier molecular flexibility index (Phi) is 16.8. The summed E-state index contributed by atoms with van der Waals surface area (Å²) in [6, 6.07) is 5.29. The number of benzene rings is 1. The van der Waals surface area contributed by atoms with E-state index in [-0.39, 0.29) is 12.5 Å². The number of carbonyl (C=O) groups is 2. The number of rotatable bonds is 19. The lowest BCUT2D eigenvalue weighted by Gasteiger charge is -2.27. The maximum Gasteiger partial charge on any atom is 0.415 e. The summed E-state index contributed by atoms with van der Waals surface area (Å²) in [5.74, 6) is 0.579. The molecular weight excluding hydrogens is 472 g/mol. The molecule has 1 atom stereocenters. The van der Waals surface area contributed by atoms with Gasteiger partial charge >= 0.3 is 6.09 Å². The molecule has 37 heavy (non-hydrogen) atoms. The molecule has 212 valence electrons. The first-order valence-corrected chi connectivity index (χ1v) is 13.7. The van der Waals surface area contributed by atoms with Gasteiger partial charge in [-0.25, -0.2) is 4.79 Å². The third-order valence-corrected chi connectivity index (χ3v) is 6.27. The molecule has 0 bridgehead atoms. The fourth-order valence-corrected chi connectivity index (χ4v) is 3.87. The molecule has 2 amide bonds. The Balaban J connectivity index is 2.56. The summed E-state index contributed by atoms with van der Waals surface area (Å²) < 4.78 is 5.69. The van der Waals surface area contributed by atoms with E-state index in [1.54, 1.807) is 26.1 Å². The van der Waals surface area contributed by atoms with E-state index in [2.05, 4.69) is 5.32 Å². The number of amides is 2. The van der Waals surface area contributed by atoms with Gasteiger partial charge in [0, 0.05) is 51.8 Å². The van der Waals surface area contributed by atoms with Crippen LogP contribution in [-0.2, 0) is 17.9 Å². The van der Waals surface area contributed by atoms with Gasteiger partial charge in [0.15, 0.2) is 0 Å². The molecule has 0 aromatic heterocycles. The first kappa shape index (κ1) is 32.8. The number of nitrogens with zero attached hydrogens (tertiary/aromatic N) is 3. The van der Waals surface area contributed by atoms with E-state index in [4.69, 9.17) is 4.74 Å². The van der Waals surface area contributed by atoms with Crippen molar-refractivity contribution in [1.29, 1.82) is 0 Å². The molecule has 0 saturated heterocycles. The Bertz CT molecular complexity index is 788. The first-order valence-electron chi connectivity index (χ1n) is 13.7. The monoisotopic (exact) mass is 522 g/mol. The summed E-state index contributed by atoms with van der Waals surface area (Å²) in [7, 11) is 5.61. The van der Waals surface area contributed by atoms with Crippen LogP contribution in [0.3, 0.4) is 0 Å². The van der Waals surface area contributed by atoms with Crippen molar-refractivity contribution in [1.82, 2.24) is 20.0 Å². The Morgan fingerprint density at radius 1 is 1.00 bits per heavy atom. The summed E-state index contributed by atoms with van der Waals surface area (Å²) in [6.07, 6.45) is 6.72. The minimum atomic E-state index is -0.657. The van der Waals surface area contributed by atoms with Gasteiger partial charge in [0.1, 0.15) is 12.0 Å². The van der Waals surface area contributed by atoms with Gasteiger partial charge in [0.25, 0.3) is 0 Å². The van der Waals surface area contributed by atoms with Gasteiger partial charge in [-0.1, -0.05) is 38.7 Å². The maximum absolute atomic E-state index is 12.6. The molecule has 1 rings (SSSR count). The van der Waals surface area contributed by atoms with Crippen molar-refractivity contribution in [3.05, 3.63) is 29.3 Å². The van der Waals surface area contributed by atoms with E-state index >= 15 is 0 Å². The number of likely N-dealkylation sites (N-methyl/N-ethyl adjacent to an activating group) is 2. The van der Waals surface area contributed by atoms with Crippen molar-refractivity contribution < 1.29 is 24.5 Å². The van der Waals surface area contributed by atoms with Crippen LogP contribution in [0.15, 0.2) is 18.2 Å². The third kappa shape index (κ3) is 14.4. The summed E-state index contributed by atoms with van der Waals surface area (Å²) in [5, 5.41) is 23.0. The van der Waals surface area contributed by atoms with Crippen molar-refractivity contribution >= 4 is 12.0 Å². The molecular formula is C28H50N4O5. The van der Waals surface area contributed by atoms with E-state index in [0.29, 0.717) is 31.8 Å². The van der Waals surface area contributed by atoms with Crippen LogP contribution in [-0.4, -0.2) is 90.5 Å². The average molecular weight is 523 g/mol. The Morgan fingerprint density at radius 2 is 1.68 bits per heavy atom. The highest BCUT2D eigenvalue weighted by atomic mass is 16.6.